The fourth-order valence-corrected chi connectivity index (χ4v) is 4.92. The maximum absolute atomic E-state index is 8.84. The maximum Gasteiger partial charge on any atom is 0.212 e. The summed E-state index contributed by atoms with van der Waals surface area (Å²) < 4.78 is 13.0. The molecule has 8 nitrogen and oxygen atoms in total. The number of rotatable bonds is 8. The molecule has 1 unspecified atom stereocenters. The number of likely N-dealkylation sites (tertiary alicyclic amines) is 1. The SMILES string of the molecule is COc1ccc(C(=N)C2=C(Nc3cnn(C(C)C4CCN(C(C)C)CC4)c3)CCOCC2)cn1. The molecule has 2 N–H and O–H groups in total. The van der Waals surface area contributed by atoms with Gasteiger partial charge in [-0.3, -0.25) is 10.1 Å². The Balaban J connectivity index is 1.47. The van der Waals surface area contributed by atoms with Gasteiger partial charge in [-0.15, -0.1) is 0 Å². The van der Waals surface area contributed by atoms with Gasteiger partial charge in [-0.25, -0.2) is 4.98 Å². The number of anilines is 1. The van der Waals surface area contributed by atoms with Crippen LogP contribution in [0, 0.1) is 11.3 Å². The second kappa shape index (κ2) is 11.1. The molecule has 4 heterocycles. The highest BCUT2D eigenvalue weighted by Gasteiger charge is 2.26. The van der Waals surface area contributed by atoms with E-state index in [1.807, 2.05) is 12.3 Å². The Kier molecular flexibility index (Phi) is 8.00. The summed E-state index contributed by atoms with van der Waals surface area (Å²) >= 11 is 0. The number of ether oxygens (including phenoxy) is 2. The molecule has 2 aromatic rings. The zero-order chi connectivity index (χ0) is 24.1. The fourth-order valence-electron chi connectivity index (χ4n) is 4.92. The highest BCUT2D eigenvalue weighted by atomic mass is 16.5. The van der Waals surface area contributed by atoms with Crippen molar-refractivity contribution in [3.05, 3.63) is 47.6 Å². The first-order chi connectivity index (χ1) is 16.5. The third kappa shape index (κ3) is 5.67. The average Bonchev–Trinajstić information content (AvgIpc) is 3.21. The Labute approximate surface area is 202 Å². The van der Waals surface area contributed by atoms with E-state index in [4.69, 9.17) is 20.0 Å². The average molecular weight is 467 g/mol. The van der Waals surface area contributed by atoms with E-state index in [0.717, 1.165) is 42.0 Å². The van der Waals surface area contributed by atoms with Gasteiger partial charge in [-0.1, -0.05) is 0 Å². The van der Waals surface area contributed by atoms with Crippen LogP contribution in [0.2, 0.25) is 0 Å². The van der Waals surface area contributed by atoms with Crippen LogP contribution in [-0.4, -0.2) is 64.8 Å². The molecule has 1 atom stereocenters. The summed E-state index contributed by atoms with van der Waals surface area (Å²) in [5, 5.41) is 17.1. The van der Waals surface area contributed by atoms with Gasteiger partial charge in [0.1, 0.15) is 0 Å². The van der Waals surface area contributed by atoms with E-state index >= 15 is 0 Å². The van der Waals surface area contributed by atoms with Crippen LogP contribution in [0.25, 0.3) is 0 Å². The second-order valence-corrected chi connectivity index (χ2v) is 9.58. The molecule has 0 bridgehead atoms. The minimum absolute atomic E-state index is 0.361. The lowest BCUT2D eigenvalue weighted by Crippen LogP contribution is -2.40. The molecule has 0 amide bonds. The van der Waals surface area contributed by atoms with Crippen LogP contribution in [-0.2, 0) is 4.74 Å². The molecule has 0 aromatic carbocycles. The van der Waals surface area contributed by atoms with Gasteiger partial charge in [-0.2, -0.15) is 5.10 Å². The fraction of sp³-hybridized carbons (Fsp3) is 0.577. The number of piperidine rings is 1. The van der Waals surface area contributed by atoms with Crippen LogP contribution < -0.4 is 10.1 Å². The molecule has 2 aliphatic rings. The molecular formula is C26H38N6O2. The third-order valence-corrected chi connectivity index (χ3v) is 7.19. The van der Waals surface area contributed by atoms with Gasteiger partial charge in [0.25, 0.3) is 0 Å². The lowest BCUT2D eigenvalue weighted by atomic mass is 9.90. The van der Waals surface area contributed by atoms with Gasteiger partial charge in [0.2, 0.25) is 5.88 Å². The van der Waals surface area contributed by atoms with Crippen LogP contribution in [0.4, 0.5) is 5.69 Å². The highest BCUT2D eigenvalue weighted by molar-refractivity contribution is 6.11. The predicted octanol–water partition coefficient (Wildman–Crippen LogP) is 4.51. The zero-order valence-electron chi connectivity index (χ0n) is 20.9. The smallest absolute Gasteiger partial charge is 0.212 e. The summed E-state index contributed by atoms with van der Waals surface area (Å²) in [4.78, 5) is 6.84. The van der Waals surface area contributed by atoms with Crippen LogP contribution in [0.15, 0.2) is 42.0 Å². The molecule has 0 radical (unpaired) electrons. The molecular weight excluding hydrogens is 428 g/mol. The van der Waals surface area contributed by atoms with Crippen molar-refractivity contribution in [1.82, 2.24) is 19.7 Å². The summed E-state index contributed by atoms with van der Waals surface area (Å²) in [6.45, 7) is 10.4. The number of nitrogens with zero attached hydrogens (tertiary/aromatic N) is 4. The highest BCUT2D eigenvalue weighted by Crippen LogP contribution is 2.30. The lowest BCUT2D eigenvalue weighted by molar-refractivity contribution is 0.124. The first kappa shape index (κ1) is 24.4. The van der Waals surface area contributed by atoms with Gasteiger partial charge in [-0.05, 0) is 70.7 Å². The summed E-state index contributed by atoms with van der Waals surface area (Å²) in [5.74, 6) is 1.18. The summed E-state index contributed by atoms with van der Waals surface area (Å²) in [7, 11) is 1.59. The molecule has 4 rings (SSSR count). The van der Waals surface area contributed by atoms with Gasteiger partial charge < -0.3 is 19.7 Å². The van der Waals surface area contributed by atoms with Crippen molar-refractivity contribution in [2.45, 2.75) is 58.5 Å². The largest absolute Gasteiger partial charge is 0.481 e. The van der Waals surface area contributed by atoms with Gasteiger partial charge in [0, 0.05) is 42.2 Å². The van der Waals surface area contributed by atoms with Gasteiger partial charge in [0.15, 0.2) is 0 Å². The van der Waals surface area contributed by atoms with Crippen molar-refractivity contribution < 1.29 is 9.47 Å². The van der Waals surface area contributed by atoms with Crippen molar-refractivity contribution in [3.63, 3.8) is 0 Å². The Bertz CT molecular complexity index is 989. The first-order valence-corrected chi connectivity index (χ1v) is 12.4. The Hall–Kier alpha value is -2.71. The van der Waals surface area contributed by atoms with Crippen molar-refractivity contribution >= 4 is 11.4 Å². The Morgan fingerprint density at radius 3 is 2.59 bits per heavy atom. The van der Waals surface area contributed by atoms with Crippen LogP contribution in [0.1, 0.15) is 58.1 Å². The topological polar surface area (TPSA) is 88.3 Å². The minimum Gasteiger partial charge on any atom is -0.481 e. The lowest BCUT2D eigenvalue weighted by Gasteiger charge is -2.37. The number of pyridine rings is 1. The van der Waals surface area contributed by atoms with E-state index in [1.54, 1.807) is 19.4 Å². The van der Waals surface area contributed by atoms with Crippen molar-refractivity contribution in [3.8, 4) is 5.88 Å². The van der Waals surface area contributed by atoms with E-state index in [0.29, 0.717) is 49.2 Å². The quantitative estimate of drug-likeness (QED) is 0.557. The molecule has 8 heteroatoms. The first-order valence-electron chi connectivity index (χ1n) is 12.4. The normalized spacial score (nSPS) is 19.2. The van der Waals surface area contributed by atoms with Gasteiger partial charge >= 0.3 is 0 Å². The molecule has 0 aliphatic carbocycles. The molecule has 184 valence electrons. The third-order valence-electron chi connectivity index (χ3n) is 7.19. The van der Waals surface area contributed by atoms with Crippen molar-refractivity contribution in [2.75, 3.05) is 38.7 Å². The second-order valence-electron chi connectivity index (χ2n) is 9.58. The van der Waals surface area contributed by atoms with E-state index in [-0.39, 0.29) is 0 Å². The van der Waals surface area contributed by atoms with Crippen molar-refractivity contribution in [1.29, 1.82) is 5.41 Å². The van der Waals surface area contributed by atoms with Crippen LogP contribution in [0.3, 0.4) is 0 Å². The number of aromatic nitrogens is 3. The molecule has 1 saturated heterocycles. The van der Waals surface area contributed by atoms with E-state index in [2.05, 4.69) is 46.9 Å². The summed E-state index contributed by atoms with van der Waals surface area (Å²) in [6.07, 6.45) is 9.54. The molecule has 34 heavy (non-hydrogen) atoms. The molecule has 2 aromatic heterocycles. The number of hydrogen-bond donors (Lipinski definition) is 2. The molecule has 2 aliphatic heterocycles. The summed E-state index contributed by atoms with van der Waals surface area (Å²) in [5.41, 5.74) is 4.19. The summed E-state index contributed by atoms with van der Waals surface area (Å²) in [6, 6.07) is 4.66. The number of nitrogens with one attached hydrogen (secondary N) is 2. The zero-order valence-corrected chi connectivity index (χ0v) is 20.9. The molecule has 1 fully saturated rings. The van der Waals surface area contributed by atoms with E-state index < -0.39 is 0 Å². The minimum atomic E-state index is 0.361. The molecule has 0 saturated carbocycles. The van der Waals surface area contributed by atoms with E-state index in [1.165, 1.54) is 12.8 Å². The Morgan fingerprint density at radius 2 is 1.91 bits per heavy atom. The predicted molar refractivity (Wildman–Crippen MR) is 135 cm³/mol. The van der Waals surface area contributed by atoms with Crippen LogP contribution in [0.5, 0.6) is 5.88 Å². The van der Waals surface area contributed by atoms with E-state index in [9.17, 15) is 0 Å². The molecule has 0 spiro atoms. The van der Waals surface area contributed by atoms with Crippen molar-refractivity contribution in [2.24, 2.45) is 5.92 Å². The van der Waals surface area contributed by atoms with Gasteiger partial charge in [0.05, 0.1) is 44.0 Å². The monoisotopic (exact) mass is 466 g/mol. The number of hydrogen-bond acceptors (Lipinski definition) is 7. The van der Waals surface area contributed by atoms with Crippen LogP contribution >= 0.6 is 0 Å². The standard InChI is InChI=1S/C26H38N6O2/c1-18(2)31-11-7-20(8-12-31)19(3)32-17-22(16-29-32)30-24-10-14-34-13-9-23(24)26(27)21-5-6-25(33-4)28-15-21/h5-6,15-20,27,30H,7-14H2,1-4H3. The maximum atomic E-state index is 8.84. The Morgan fingerprint density at radius 1 is 1.15 bits per heavy atom. The number of methoxy groups -OCH3 is 1.